The van der Waals surface area contributed by atoms with Crippen molar-refractivity contribution in [2.45, 2.75) is 45.2 Å². The zero-order valence-electron chi connectivity index (χ0n) is 14.5. The van der Waals surface area contributed by atoms with E-state index in [0.29, 0.717) is 5.92 Å². The fourth-order valence-electron chi connectivity index (χ4n) is 3.13. The fourth-order valence-corrected chi connectivity index (χ4v) is 3.13. The van der Waals surface area contributed by atoms with E-state index in [1.54, 1.807) is 6.20 Å². The summed E-state index contributed by atoms with van der Waals surface area (Å²) in [5, 5.41) is 9.96. The van der Waals surface area contributed by atoms with E-state index in [4.69, 9.17) is 0 Å². The lowest BCUT2D eigenvalue weighted by molar-refractivity contribution is 0.0927. The summed E-state index contributed by atoms with van der Waals surface area (Å²) in [4.78, 5) is 23.4. The molecule has 0 aliphatic carbocycles. The second-order valence-electron chi connectivity index (χ2n) is 6.39. The maximum atomic E-state index is 12.4. The Kier molecular flexibility index (Phi) is 4.94. The number of piperidine rings is 1. The first kappa shape index (κ1) is 16.6. The minimum atomic E-state index is -0.274. The zero-order valence-corrected chi connectivity index (χ0v) is 14.5. The predicted molar refractivity (Wildman–Crippen MR) is 89.6 cm³/mol. The molecule has 2 N–H and O–H groups in total. The van der Waals surface area contributed by atoms with Gasteiger partial charge < -0.3 is 14.8 Å². The normalized spacial score (nSPS) is 17.8. The average Bonchev–Trinajstić information content (AvgIpc) is 3.24. The van der Waals surface area contributed by atoms with Crippen LogP contribution in [0.3, 0.4) is 0 Å². The summed E-state index contributed by atoms with van der Waals surface area (Å²) in [6.45, 7) is 6.86. The first-order valence-electron chi connectivity index (χ1n) is 8.51. The summed E-state index contributed by atoms with van der Waals surface area (Å²) in [5.74, 6) is 1.92. The van der Waals surface area contributed by atoms with Gasteiger partial charge in [0.2, 0.25) is 5.82 Å². The Balaban J connectivity index is 1.63. The highest BCUT2D eigenvalue weighted by atomic mass is 16.2. The van der Waals surface area contributed by atoms with Crippen LogP contribution in [-0.2, 0) is 6.54 Å². The van der Waals surface area contributed by atoms with Crippen molar-refractivity contribution in [2.24, 2.45) is 0 Å². The zero-order chi connectivity index (χ0) is 17.1. The van der Waals surface area contributed by atoms with Gasteiger partial charge in [-0.1, -0.05) is 0 Å². The molecule has 0 saturated carbocycles. The third kappa shape index (κ3) is 3.48. The Bertz CT molecular complexity index is 684. The van der Waals surface area contributed by atoms with Gasteiger partial charge in [-0.25, -0.2) is 9.97 Å². The lowest BCUT2D eigenvalue weighted by Crippen LogP contribution is -2.30. The second kappa shape index (κ2) is 7.12. The number of likely N-dealkylation sites (tertiary alicyclic amines) is 1. The summed E-state index contributed by atoms with van der Waals surface area (Å²) in [7, 11) is 2.12. The molecule has 2 aromatic rings. The molecule has 24 heavy (non-hydrogen) atoms. The number of carbonyl (C=O) groups is 1. The smallest absolute Gasteiger partial charge is 0.291 e. The molecule has 1 amide bonds. The Hall–Kier alpha value is -2.22. The number of nitrogens with zero attached hydrogens (tertiary/aromatic N) is 5. The molecule has 3 heterocycles. The van der Waals surface area contributed by atoms with Gasteiger partial charge in [-0.2, -0.15) is 0 Å². The molecule has 1 atom stereocenters. The highest BCUT2D eigenvalue weighted by Gasteiger charge is 2.24. The molecule has 130 valence electrons. The molecule has 0 radical (unpaired) electrons. The van der Waals surface area contributed by atoms with Crippen LogP contribution >= 0.6 is 0 Å². The summed E-state index contributed by atoms with van der Waals surface area (Å²) in [6.07, 6.45) is 5.73. The van der Waals surface area contributed by atoms with Gasteiger partial charge >= 0.3 is 0 Å². The molecule has 3 rings (SSSR count). The quantitative estimate of drug-likeness (QED) is 0.862. The monoisotopic (exact) mass is 331 g/mol. The van der Waals surface area contributed by atoms with Crippen molar-refractivity contribution in [1.82, 2.24) is 34.9 Å². The number of aryl methyl sites for hydroxylation is 1. The minimum Gasteiger partial charge on any atom is -0.340 e. The third-order valence-corrected chi connectivity index (χ3v) is 4.63. The van der Waals surface area contributed by atoms with Gasteiger partial charge in [-0.05, 0) is 46.8 Å². The summed E-state index contributed by atoms with van der Waals surface area (Å²) >= 11 is 0. The molecule has 1 fully saturated rings. The molecule has 0 spiro atoms. The van der Waals surface area contributed by atoms with E-state index in [2.05, 4.69) is 37.4 Å². The lowest BCUT2D eigenvalue weighted by atomic mass is 9.97. The molecule has 0 bridgehead atoms. The minimum absolute atomic E-state index is 0.197. The molecule has 2 aromatic heterocycles. The number of imidazole rings is 1. The number of H-pyrrole nitrogens is 1. The van der Waals surface area contributed by atoms with Crippen LogP contribution in [0.1, 0.15) is 60.9 Å². The average molecular weight is 331 g/mol. The highest BCUT2D eigenvalue weighted by molar-refractivity contribution is 5.90. The molecule has 1 aliphatic rings. The number of hydrogen-bond acceptors (Lipinski definition) is 5. The van der Waals surface area contributed by atoms with Crippen molar-refractivity contribution in [3.05, 3.63) is 29.9 Å². The largest absolute Gasteiger partial charge is 0.340 e. The Morgan fingerprint density at radius 1 is 1.46 bits per heavy atom. The van der Waals surface area contributed by atoms with Gasteiger partial charge in [0.05, 0.1) is 6.04 Å². The Morgan fingerprint density at radius 3 is 2.92 bits per heavy atom. The molecule has 1 unspecified atom stereocenters. The fraction of sp³-hybridized carbons (Fsp3) is 0.625. The second-order valence-corrected chi connectivity index (χ2v) is 6.39. The van der Waals surface area contributed by atoms with Crippen molar-refractivity contribution < 1.29 is 4.79 Å². The number of rotatable bonds is 5. The van der Waals surface area contributed by atoms with Gasteiger partial charge in [0.25, 0.3) is 5.91 Å². The van der Waals surface area contributed by atoms with E-state index in [1.807, 2.05) is 24.6 Å². The van der Waals surface area contributed by atoms with Crippen LogP contribution in [0.2, 0.25) is 0 Å². The van der Waals surface area contributed by atoms with Crippen LogP contribution in [-0.4, -0.2) is 55.7 Å². The van der Waals surface area contributed by atoms with E-state index in [9.17, 15) is 4.79 Å². The SMILES string of the molecule is CCn1ccnc1C(C)NC(=O)c1n[nH]c(C2CCN(C)CC2)n1. The van der Waals surface area contributed by atoms with Crippen LogP contribution < -0.4 is 5.32 Å². The molecular weight excluding hydrogens is 306 g/mol. The van der Waals surface area contributed by atoms with E-state index in [-0.39, 0.29) is 17.8 Å². The van der Waals surface area contributed by atoms with Crippen molar-refractivity contribution >= 4 is 5.91 Å². The number of carbonyl (C=O) groups excluding carboxylic acids is 1. The van der Waals surface area contributed by atoms with Crippen LogP contribution in [0.15, 0.2) is 12.4 Å². The molecule has 0 aromatic carbocycles. The van der Waals surface area contributed by atoms with E-state index in [1.165, 1.54) is 0 Å². The molecular formula is C16H25N7O. The van der Waals surface area contributed by atoms with Crippen LogP contribution in [0.5, 0.6) is 0 Å². The molecule has 1 aliphatic heterocycles. The number of hydrogen-bond donors (Lipinski definition) is 2. The highest BCUT2D eigenvalue weighted by Crippen LogP contribution is 2.24. The standard InChI is InChI=1S/C16H25N7O/c1-4-23-10-7-17-15(23)11(2)18-16(24)14-19-13(20-21-14)12-5-8-22(3)9-6-12/h7,10-12H,4-6,8-9H2,1-3H3,(H,18,24)(H,19,20,21). The predicted octanol–water partition coefficient (Wildman–Crippen LogP) is 1.32. The number of aromatic nitrogens is 5. The van der Waals surface area contributed by atoms with Gasteiger partial charge in [-0.3, -0.25) is 9.89 Å². The van der Waals surface area contributed by atoms with Gasteiger partial charge in [0.15, 0.2) is 0 Å². The summed E-state index contributed by atoms with van der Waals surface area (Å²) in [6, 6.07) is -0.197. The lowest BCUT2D eigenvalue weighted by Gasteiger charge is -2.27. The first-order valence-corrected chi connectivity index (χ1v) is 8.51. The number of nitrogens with one attached hydrogen (secondary N) is 2. The van der Waals surface area contributed by atoms with Crippen molar-refractivity contribution in [3.63, 3.8) is 0 Å². The van der Waals surface area contributed by atoms with Crippen molar-refractivity contribution in [1.29, 1.82) is 0 Å². The summed E-state index contributed by atoms with van der Waals surface area (Å²) in [5.41, 5.74) is 0. The van der Waals surface area contributed by atoms with Gasteiger partial charge in [0, 0.05) is 24.9 Å². The number of amides is 1. The topological polar surface area (TPSA) is 91.7 Å². The van der Waals surface area contributed by atoms with Gasteiger partial charge in [0.1, 0.15) is 11.6 Å². The van der Waals surface area contributed by atoms with Crippen LogP contribution in [0.25, 0.3) is 0 Å². The van der Waals surface area contributed by atoms with Crippen LogP contribution in [0, 0.1) is 0 Å². The Morgan fingerprint density at radius 2 is 2.21 bits per heavy atom. The van der Waals surface area contributed by atoms with Crippen molar-refractivity contribution in [2.75, 3.05) is 20.1 Å². The number of aromatic amines is 1. The molecule has 8 nitrogen and oxygen atoms in total. The molecule has 8 heteroatoms. The maximum absolute atomic E-state index is 12.4. The van der Waals surface area contributed by atoms with Crippen LogP contribution in [0.4, 0.5) is 0 Å². The maximum Gasteiger partial charge on any atom is 0.291 e. The summed E-state index contributed by atoms with van der Waals surface area (Å²) < 4.78 is 2.01. The Labute approximate surface area is 141 Å². The van der Waals surface area contributed by atoms with E-state index in [0.717, 1.165) is 44.1 Å². The molecule has 1 saturated heterocycles. The third-order valence-electron chi connectivity index (χ3n) is 4.63. The van der Waals surface area contributed by atoms with E-state index >= 15 is 0 Å². The van der Waals surface area contributed by atoms with Crippen molar-refractivity contribution in [3.8, 4) is 0 Å². The first-order chi connectivity index (χ1) is 11.6. The van der Waals surface area contributed by atoms with Gasteiger partial charge in [-0.15, -0.1) is 5.10 Å². The van der Waals surface area contributed by atoms with E-state index < -0.39 is 0 Å².